The van der Waals surface area contributed by atoms with E-state index >= 15 is 0 Å². The zero-order valence-electron chi connectivity index (χ0n) is 13.5. The molecule has 3 heterocycles. The number of hydrogen-bond donors (Lipinski definition) is 0. The molecule has 1 aliphatic heterocycles. The predicted molar refractivity (Wildman–Crippen MR) is 90.2 cm³/mol. The highest BCUT2D eigenvalue weighted by atomic mass is 32.1. The molecule has 6 heteroatoms. The number of thiazole rings is 1. The van der Waals surface area contributed by atoms with Gasteiger partial charge in [-0.05, 0) is 25.3 Å². The summed E-state index contributed by atoms with van der Waals surface area (Å²) in [5, 5.41) is 3.29. The van der Waals surface area contributed by atoms with Gasteiger partial charge in [0.05, 0.1) is 23.4 Å². The average molecular weight is 331 g/mol. The molecule has 1 aliphatic rings. The van der Waals surface area contributed by atoms with Gasteiger partial charge >= 0.3 is 0 Å². The lowest BCUT2D eigenvalue weighted by Gasteiger charge is -2.31. The number of likely N-dealkylation sites (tertiary alicyclic amines) is 1. The topological polar surface area (TPSA) is 55.3 Å². The number of aryl methyl sites for hydroxylation is 1. The zero-order valence-corrected chi connectivity index (χ0v) is 14.3. The highest BCUT2D eigenvalue weighted by Crippen LogP contribution is 2.30. The lowest BCUT2D eigenvalue weighted by molar-refractivity contribution is 0.0706. The summed E-state index contributed by atoms with van der Waals surface area (Å²) in [5.41, 5.74) is 1.76. The Morgan fingerprint density at radius 2 is 2.35 bits per heavy atom. The van der Waals surface area contributed by atoms with Crippen LogP contribution in [0.5, 0.6) is 5.88 Å². The van der Waals surface area contributed by atoms with Gasteiger partial charge in [0.2, 0.25) is 5.88 Å². The third kappa shape index (κ3) is 3.52. The molecule has 1 fully saturated rings. The SMILES string of the molecule is CCc1csc([C@@H]2CCCN(C(=O)c3ccc(OC)nc3)C2)n1. The molecule has 5 nitrogen and oxygen atoms in total. The van der Waals surface area contributed by atoms with Crippen LogP contribution < -0.4 is 4.74 Å². The summed E-state index contributed by atoms with van der Waals surface area (Å²) in [5.74, 6) is 0.911. The van der Waals surface area contributed by atoms with Crippen molar-refractivity contribution in [1.29, 1.82) is 0 Å². The molecule has 23 heavy (non-hydrogen) atoms. The van der Waals surface area contributed by atoms with E-state index in [0.29, 0.717) is 17.4 Å². The first-order valence-electron chi connectivity index (χ1n) is 7.95. The molecule has 0 bridgehead atoms. The van der Waals surface area contributed by atoms with Crippen molar-refractivity contribution in [1.82, 2.24) is 14.9 Å². The van der Waals surface area contributed by atoms with Crippen LogP contribution in [0.25, 0.3) is 0 Å². The number of hydrogen-bond acceptors (Lipinski definition) is 5. The molecular formula is C17H21N3O2S. The van der Waals surface area contributed by atoms with Gasteiger partial charge in [-0.3, -0.25) is 4.79 Å². The van der Waals surface area contributed by atoms with E-state index in [9.17, 15) is 4.79 Å². The molecular weight excluding hydrogens is 310 g/mol. The van der Waals surface area contributed by atoms with E-state index in [4.69, 9.17) is 9.72 Å². The number of aromatic nitrogens is 2. The normalized spacial score (nSPS) is 18.0. The van der Waals surface area contributed by atoms with Crippen molar-refractivity contribution in [2.75, 3.05) is 20.2 Å². The maximum Gasteiger partial charge on any atom is 0.255 e. The second-order valence-corrected chi connectivity index (χ2v) is 6.60. The van der Waals surface area contributed by atoms with E-state index in [-0.39, 0.29) is 5.91 Å². The summed E-state index contributed by atoms with van der Waals surface area (Å²) >= 11 is 1.72. The fourth-order valence-electron chi connectivity index (χ4n) is 2.85. The lowest BCUT2D eigenvalue weighted by atomic mass is 9.98. The quantitative estimate of drug-likeness (QED) is 0.864. The number of pyridine rings is 1. The van der Waals surface area contributed by atoms with Crippen LogP contribution in [-0.2, 0) is 6.42 Å². The van der Waals surface area contributed by atoms with E-state index in [2.05, 4.69) is 17.3 Å². The number of amides is 1. The zero-order chi connectivity index (χ0) is 16.2. The van der Waals surface area contributed by atoms with Crippen molar-refractivity contribution in [3.63, 3.8) is 0 Å². The van der Waals surface area contributed by atoms with Crippen LogP contribution >= 0.6 is 11.3 Å². The molecule has 0 aromatic carbocycles. The Bertz CT molecular complexity index is 669. The summed E-state index contributed by atoms with van der Waals surface area (Å²) in [6.07, 6.45) is 4.66. The number of nitrogens with zero attached hydrogens (tertiary/aromatic N) is 3. The molecule has 0 aliphatic carbocycles. The van der Waals surface area contributed by atoms with Gasteiger partial charge in [-0.25, -0.2) is 9.97 Å². The molecule has 2 aromatic rings. The third-order valence-electron chi connectivity index (χ3n) is 4.18. The number of ether oxygens (including phenoxy) is 1. The molecule has 0 unspecified atom stereocenters. The second-order valence-electron chi connectivity index (χ2n) is 5.71. The molecule has 0 saturated carbocycles. The fourth-order valence-corrected chi connectivity index (χ4v) is 3.88. The Morgan fingerprint density at radius 3 is 3.00 bits per heavy atom. The largest absolute Gasteiger partial charge is 0.481 e. The highest BCUT2D eigenvalue weighted by Gasteiger charge is 2.27. The van der Waals surface area contributed by atoms with Crippen molar-refractivity contribution in [3.8, 4) is 5.88 Å². The monoisotopic (exact) mass is 331 g/mol. The molecule has 0 N–H and O–H groups in total. The van der Waals surface area contributed by atoms with Crippen LogP contribution in [0.2, 0.25) is 0 Å². The molecule has 2 aromatic heterocycles. The molecule has 1 atom stereocenters. The van der Waals surface area contributed by atoms with Crippen LogP contribution in [0.15, 0.2) is 23.7 Å². The van der Waals surface area contributed by atoms with Gasteiger partial charge in [-0.1, -0.05) is 6.92 Å². The van der Waals surface area contributed by atoms with Gasteiger partial charge in [-0.2, -0.15) is 0 Å². The molecule has 1 amide bonds. The van der Waals surface area contributed by atoms with Crippen molar-refractivity contribution in [3.05, 3.63) is 40.0 Å². The summed E-state index contributed by atoms with van der Waals surface area (Å²) < 4.78 is 5.04. The van der Waals surface area contributed by atoms with Crippen molar-refractivity contribution < 1.29 is 9.53 Å². The minimum Gasteiger partial charge on any atom is -0.481 e. The predicted octanol–water partition coefficient (Wildman–Crippen LogP) is 3.13. The standard InChI is InChI=1S/C17H21N3O2S/c1-3-14-11-23-16(19-14)13-5-4-8-20(10-13)17(21)12-6-7-15(22-2)18-9-12/h6-7,9,11,13H,3-5,8,10H2,1-2H3/t13-/m1/s1. The van der Waals surface area contributed by atoms with Gasteiger partial charge < -0.3 is 9.64 Å². The average Bonchev–Trinajstić information content (AvgIpc) is 3.10. The fraction of sp³-hybridized carbons (Fsp3) is 0.471. The molecule has 0 spiro atoms. The molecule has 3 rings (SSSR count). The van der Waals surface area contributed by atoms with Crippen molar-refractivity contribution in [2.24, 2.45) is 0 Å². The minimum absolute atomic E-state index is 0.0390. The highest BCUT2D eigenvalue weighted by molar-refractivity contribution is 7.09. The van der Waals surface area contributed by atoms with Crippen LogP contribution in [0.1, 0.15) is 46.7 Å². The number of rotatable bonds is 4. The lowest BCUT2D eigenvalue weighted by Crippen LogP contribution is -2.39. The van der Waals surface area contributed by atoms with E-state index in [1.54, 1.807) is 36.8 Å². The van der Waals surface area contributed by atoms with Crippen LogP contribution in [0.3, 0.4) is 0 Å². The van der Waals surface area contributed by atoms with Gasteiger partial charge in [0, 0.05) is 36.7 Å². The van der Waals surface area contributed by atoms with E-state index in [1.165, 1.54) is 0 Å². The molecule has 0 radical (unpaired) electrons. The van der Waals surface area contributed by atoms with E-state index in [0.717, 1.165) is 43.1 Å². The van der Waals surface area contributed by atoms with Crippen LogP contribution in [-0.4, -0.2) is 41.0 Å². The van der Waals surface area contributed by atoms with Gasteiger partial charge in [0.15, 0.2) is 0 Å². The molecule has 122 valence electrons. The number of carbonyl (C=O) groups excluding carboxylic acids is 1. The van der Waals surface area contributed by atoms with Gasteiger partial charge in [0.25, 0.3) is 5.91 Å². The first-order chi connectivity index (χ1) is 11.2. The van der Waals surface area contributed by atoms with Crippen molar-refractivity contribution >= 4 is 17.2 Å². The summed E-state index contributed by atoms with van der Waals surface area (Å²) in [7, 11) is 1.57. The van der Waals surface area contributed by atoms with Gasteiger partial charge in [-0.15, -0.1) is 11.3 Å². The van der Waals surface area contributed by atoms with E-state index in [1.807, 2.05) is 4.90 Å². The Kier molecular flexibility index (Phi) is 4.91. The Hall–Kier alpha value is -1.95. The Balaban J connectivity index is 1.70. The van der Waals surface area contributed by atoms with E-state index < -0.39 is 0 Å². The Morgan fingerprint density at radius 1 is 1.48 bits per heavy atom. The van der Waals surface area contributed by atoms with Crippen molar-refractivity contribution in [2.45, 2.75) is 32.1 Å². The number of carbonyl (C=O) groups is 1. The van der Waals surface area contributed by atoms with Crippen LogP contribution in [0.4, 0.5) is 0 Å². The summed E-state index contributed by atoms with van der Waals surface area (Å²) in [4.78, 5) is 23.4. The summed E-state index contributed by atoms with van der Waals surface area (Å²) in [6.45, 7) is 3.65. The summed E-state index contributed by atoms with van der Waals surface area (Å²) in [6, 6.07) is 3.50. The maximum absolute atomic E-state index is 12.7. The minimum atomic E-state index is 0.0390. The Labute approximate surface area is 140 Å². The number of piperidine rings is 1. The molecule has 1 saturated heterocycles. The second kappa shape index (κ2) is 7.08. The van der Waals surface area contributed by atoms with Crippen LogP contribution in [0, 0.1) is 0 Å². The first-order valence-corrected chi connectivity index (χ1v) is 8.82. The number of methoxy groups -OCH3 is 1. The smallest absolute Gasteiger partial charge is 0.255 e. The maximum atomic E-state index is 12.7. The third-order valence-corrected chi connectivity index (χ3v) is 5.24. The van der Waals surface area contributed by atoms with Gasteiger partial charge in [0.1, 0.15) is 0 Å². The first kappa shape index (κ1) is 15.9.